The number of hydrogen-bond donors (Lipinski definition) is 3. The van der Waals surface area contributed by atoms with Crippen LogP contribution in [0, 0.1) is 0 Å². The number of ether oxygens (including phenoxy) is 2. The van der Waals surface area contributed by atoms with Crippen LogP contribution in [0.1, 0.15) is 31.3 Å². The smallest absolute Gasteiger partial charge is 0.356 e. The highest BCUT2D eigenvalue weighted by atomic mass is 79.9. The minimum Gasteiger partial charge on any atom is -0.464 e. The molecular weight excluding hydrogens is 688 g/mol. The minimum absolute atomic E-state index is 0.0697. The number of anilines is 3. The molecule has 1 aromatic carbocycles. The number of amides is 1. The highest BCUT2D eigenvalue weighted by Crippen LogP contribution is 2.21. The molecule has 11 nitrogen and oxygen atoms in total. The highest BCUT2D eigenvalue weighted by Gasteiger charge is 2.13. The van der Waals surface area contributed by atoms with Gasteiger partial charge in [-0.25, -0.2) is 24.5 Å². The van der Waals surface area contributed by atoms with Gasteiger partial charge in [0.05, 0.1) is 14.2 Å². The first kappa shape index (κ1) is 30.7. The van der Waals surface area contributed by atoms with Crippen molar-refractivity contribution < 1.29 is 23.9 Å². The van der Waals surface area contributed by atoms with E-state index in [0.717, 1.165) is 4.47 Å². The van der Waals surface area contributed by atoms with Crippen LogP contribution in [0.25, 0.3) is 0 Å². The Bertz CT molecular complexity index is 1510. The summed E-state index contributed by atoms with van der Waals surface area (Å²) in [6.07, 6.45) is 1.69. The van der Waals surface area contributed by atoms with Gasteiger partial charge in [-0.3, -0.25) is 10.1 Å². The number of nitrogens with zero attached hydrogens (tertiary/aromatic N) is 3. The Kier molecular flexibility index (Phi) is 11.6. The van der Waals surface area contributed by atoms with Gasteiger partial charge in [0, 0.05) is 26.1 Å². The Hall–Kier alpha value is -3.79. The number of aromatic nitrogens is 3. The Morgan fingerprint density at radius 3 is 2.00 bits per heavy atom. The third-order valence-corrected chi connectivity index (χ3v) is 6.35. The number of benzene rings is 1. The molecule has 0 aliphatic rings. The van der Waals surface area contributed by atoms with Crippen LogP contribution in [0.4, 0.5) is 16.8 Å². The van der Waals surface area contributed by atoms with Crippen molar-refractivity contribution in [2.24, 2.45) is 0 Å². The summed E-state index contributed by atoms with van der Waals surface area (Å²) in [4.78, 5) is 47.2. The SMILES string of the molecule is COC(=O)c1cc(Br)cc(NC(=S)NC(=O)c2ccccc2)n1.COC(=O)c1cc(Br)cc(Nc2nccs2)n1. The Labute approximate surface area is 255 Å². The second-order valence-electron chi connectivity index (χ2n) is 7.33. The summed E-state index contributed by atoms with van der Waals surface area (Å²) in [5.74, 6) is -0.554. The molecule has 0 radical (unpaired) electrons. The molecule has 15 heteroatoms. The van der Waals surface area contributed by atoms with E-state index in [1.165, 1.54) is 31.6 Å². The lowest BCUT2D eigenvalue weighted by molar-refractivity contribution is 0.0585. The molecule has 0 spiro atoms. The van der Waals surface area contributed by atoms with E-state index in [1.54, 1.807) is 48.7 Å². The number of pyridine rings is 2. The molecular formula is C25H20Br2N6O5S2. The zero-order valence-corrected chi connectivity index (χ0v) is 25.6. The van der Waals surface area contributed by atoms with Crippen LogP contribution in [0.2, 0.25) is 0 Å². The molecule has 0 saturated heterocycles. The fraction of sp³-hybridized carbons (Fsp3) is 0.0800. The molecule has 206 valence electrons. The molecule has 0 bridgehead atoms. The third-order valence-electron chi connectivity index (χ3n) is 4.54. The maximum atomic E-state index is 12.0. The van der Waals surface area contributed by atoms with Crippen LogP contribution in [0.3, 0.4) is 0 Å². The number of carbonyl (C=O) groups excluding carboxylic acids is 3. The topological polar surface area (TPSA) is 144 Å². The van der Waals surface area contributed by atoms with E-state index in [4.69, 9.17) is 12.2 Å². The number of methoxy groups -OCH3 is 2. The summed E-state index contributed by atoms with van der Waals surface area (Å²) >= 11 is 13.1. The van der Waals surface area contributed by atoms with Gasteiger partial charge in [-0.2, -0.15) is 0 Å². The van der Waals surface area contributed by atoms with E-state index < -0.39 is 11.9 Å². The molecule has 4 aromatic rings. The number of thiazole rings is 1. The number of rotatable bonds is 6. The lowest BCUT2D eigenvalue weighted by Gasteiger charge is -2.10. The van der Waals surface area contributed by atoms with Crippen molar-refractivity contribution in [3.63, 3.8) is 0 Å². The first-order chi connectivity index (χ1) is 19.2. The molecule has 0 atom stereocenters. The molecule has 0 aliphatic carbocycles. The first-order valence-electron chi connectivity index (χ1n) is 11.0. The van der Waals surface area contributed by atoms with E-state index in [2.05, 4.69) is 72.2 Å². The maximum Gasteiger partial charge on any atom is 0.356 e. The summed E-state index contributed by atoms with van der Waals surface area (Å²) in [6, 6.07) is 15.2. The zero-order valence-electron chi connectivity index (χ0n) is 20.8. The largest absolute Gasteiger partial charge is 0.464 e. The summed E-state index contributed by atoms with van der Waals surface area (Å²) in [5.41, 5.74) is 0.830. The van der Waals surface area contributed by atoms with Gasteiger partial charge in [-0.1, -0.05) is 50.1 Å². The van der Waals surface area contributed by atoms with Gasteiger partial charge in [-0.15, -0.1) is 11.3 Å². The monoisotopic (exact) mass is 706 g/mol. The Balaban J connectivity index is 0.000000230. The number of thiocarbonyl (C=S) groups is 1. The fourth-order valence-corrected chi connectivity index (χ4v) is 4.45. The van der Waals surface area contributed by atoms with Crippen molar-refractivity contribution in [2.75, 3.05) is 24.9 Å². The van der Waals surface area contributed by atoms with Crippen LogP contribution in [-0.2, 0) is 9.47 Å². The molecule has 1 amide bonds. The number of esters is 2. The van der Waals surface area contributed by atoms with Crippen molar-refractivity contribution in [3.8, 4) is 0 Å². The molecule has 40 heavy (non-hydrogen) atoms. The second-order valence-corrected chi connectivity index (χ2v) is 10.5. The number of carbonyl (C=O) groups is 3. The number of nitrogens with one attached hydrogen (secondary N) is 3. The number of halogens is 2. The van der Waals surface area contributed by atoms with Gasteiger partial charge in [-0.05, 0) is 48.6 Å². The predicted molar refractivity (Wildman–Crippen MR) is 162 cm³/mol. The van der Waals surface area contributed by atoms with Crippen LogP contribution in [-0.4, -0.2) is 52.1 Å². The molecule has 0 saturated carbocycles. The summed E-state index contributed by atoms with van der Waals surface area (Å²) in [6.45, 7) is 0. The molecule has 0 fully saturated rings. The van der Waals surface area contributed by atoms with Crippen molar-refractivity contribution in [1.82, 2.24) is 20.3 Å². The summed E-state index contributed by atoms with van der Waals surface area (Å²) < 4.78 is 10.6. The number of hydrogen-bond acceptors (Lipinski definition) is 11. The summed E-state index contributed by atoms with van der Waals surface area (Å²) in [7, 11) is 2.58. The van der Waals surface area contributed by atoms with Crippen molar-refractivity contribution >= 4 is 95.1 Å². The average molecular weight is 708 g/mol. The fourth-order valence-electron chi connectivity index (χ4n) is 2.85. The van der Waals surface area contributed by atoms with E-state index in [1.807, 2.05) is 11.4 Å². The third kappa shape index (κ3) is 9.44. The first-order valence-corrected chi connectivity index (χ1v) is 13.9. The van der Waals surface area contributed by atoms with E-state index in [9.17, 15) is 14.4 Å². The maximum absolute atomic E-state index is 12.0. The van der Waals surface area contributed by atoms with Crippen LogP contribution >= 0.6 is 55.4 Å². The van der Waals surface area contributed by atoms with Crippen molar-refractivity contribution in [2.45, 2.75) is 0 Å². The van der Waals surface area contributed by atoms with Gasteiger partial charge in [0.1, 0.15) is 11.6 Å². The standard InChI is InChI=1S/C15H12BrN3O3S.C10H8BrN3O2S/c1-22-14(21)11-7-10(16)8-12(17-11)18-15(23)19-13(20)9-5-3-2-4-6-9;1-16-9(15)7-4-6(11)5-8(13-7)14-10-12-2-3-17-10/h2-8H,1H3,(H2,17,18,19,20,23);2-5H,1H3,(H,12,13,14). The molecule has 3 heterocycles. The van der Waals surface area contributed by atoms with Gasteiger partial charge in [0.15, 0.2) is 21.6 Å². The highest BCUT2D eigenvalue weighted by molar-refractivity contribution is 9.10. The molecule has 0 aliphatic heterocycles. The van der Waals surface area contributed by atoms with Gasteiger partial charge < -0.3 is 20.1 Å². The molecule has 3 N–H and O–H groups in total. The molecule has 0 unspecified atom stereocenters. The van der Waals surface area contributed by atoms with E-state index >= 15 is 0 Å². The van der Waals surface area contributed by atoms with Crippen LogP contribution < -0.4 is 16.0 Å². The molecule has 4 rings (SSSR count). The minimum atomic E-state index is -0.575. The van der Waals surface area contributed by atoms with E-state index in [0.29, 0.717) is 26.8 Å². The van der Waals surface area contributed by atoms with Crippen LogP contribution in [0.15, 0.2) is 75.1 Å². The second kappa shape index (κ2) is 15.1. The lowest BCUT2D eigenvalue weighted by atomic mass is 10.2. The van der Waals surface area contributed by atoms with E-state index in [-0.39, 0.29) is 22.4 Å². The average Bonchev–Trinajstić information content (AvgIpc) is 3.45. The predicted octanol–water partition coefficient (Wildman–Crippen LogP) is 5.59. The Morgan fingerprint density at radius 2 is 1.45 bits per heavy atom. The van der Waals surface area contributed by atoms with Crippen molar-refractivity contribution in [1.29, 1.82) is 0 Å². The van der Waals surface area contributed by atoms with Crippen LogP contribution in [0.5, 0.6) is 0 Å². The summed E-state index contributed by atoms with van der Waals surface area (Å²) in [5, 5.41) is 10.9. The molecule has 3 aromatic heterocycles. The van der Waals surface area contributed by atoms with Crippen molar-refractivity contribution in [3.05, 3.63) is 92.1 Å². The zero-order chi connectivity index (χ0) is 29.1. The van der Waals surface area contributed by atoms with Gasteiger partial charge in [0.25, 0.3) is 5.91 Å². The quantitative estimate of drug-likeness (QED) is 0.170. The normalized spacial score (nSPS) is 9.90. The Morgan fingerprint density at radius 1 is 0.875 bits per heavy atom. The van der Waals surface area contributed by atoms with Gasteiger partial charge in [0.2, 0.25) is 0 Å². The van der Waals surface area contributed by atoms with Gasteiger partial charge >= 0.3 is 11.9 Å². The lowest BCUT2D eigenvalue weighted by Crippen LogP contribution is -2.34.